The number of aromatic amines is 2. The molecule has 0 fully saturated rings. The van der Waals surface area contributed by atoms with E-state index in [4.69, 9.17) is 9.47 Å². The Morgan fingerprint density at radius 1 is 1.00 bits per heavy atom. The number of esters is 1. The first-order chi connectivity index (χ1) is 18.9. The zero-order chi connectivity index (χ0) is 27.8. The number of benzene rings is 2. The molecule has 0 unspecified atom stereocenters. The minimum Gasteiger partial charge on any atom is -0.494 e. The Morgan fingerprint density at radius 2 is 1.77 bits per heavy atom. The minimum atomic E-state index is -0.626. The molecule has 39 heavy (non-hydrogen) atoms. The fourth-order valence-corrected chi connectivity index (χ4v) is 4.48. The third kappa shape index (κ3) is 7.02. The van der Waals surface area contributed by atoms with Gasteiger partial charge in [0.2, 0.25) is 5.91 Å². The first-order valence-electron chi connectivity index (χ1n) is 12.1. The van der Waals surface area contributed by atoms with Crippen molar-refractivity contribution in [3.63, 3.8) is 0 Å². The highest BCUT2D eigenvalue weighted by atomic mass is 32.2. The number of aromatic nitrogens is 5. The second kappa shape index (κ2) is 12.7. The molecular formula is C26H26N6O6S. The number of ether oxygens (including phenoxy) is 2. The number of carbonyl (C=O) groups excluding carboxylic acids is 2. The van der Waals surface area contributed by atoms with Gasteiger partial charge in [-0.3, -0.25) is 19.1 Å². The zero-order valence-corrected chi connectivity index (χ0v) is 22.0. The number of H-pyrrole nitrogens is 2. The van der Waals surface area contributed by atoms with Crippen LogP contribution in [0.4, 0.5) is 5.69 Å². The van der Waals surface area contributed by atoms with Gasteiger partial charge in [0, 0.05) is 23.9 Å². The van der Waals surface area contributed by atoms with Crippen LogP contribution in [-0.2, 0) is 16.0 Å². The predicted octanol–water partition coefficient (Wildman–Crippen LogP) is 2.54. The van der Waals surface area contributed by atoms with Gasteiger partial charge in [0.1, 0.15) is 11.6 Å². The zero-order valence-electron chi connectivity index (χ0n) is 21.2. The van der Waals surface area contributed by atoms with Crippen LogP contribution in [0.3, 0.4) is 0 Å². The van der Waals surface area contributed by atoms with Crippen molar-refractivity contribution in [1.29, 1.82) is 0 Å². The molecule has 4 aromatic rings. The lowest BCUT2D eigenvalue weighted by molar-refractivity contribution is -0.113. The molecule has 0 aliphatic rings. The van der Waals surface area contributed by atoms with Crippen LogP contribution in [0.2, 0.25) is 0 Å². The molecule has 3 N–H and O–H groups in total. The second-order valence-electron chi connectivity index (χ2n) is 8.05. The number of thioether (sulfide) groups is 1. The summed E-state index contributed by atoms with van der Waals surface area (Å²) in [5, 5.41) is 11.7. The van der Waals surface area contributed by atoms with E-state index in [2.05, 4.69) is 25.5 Å². The molecule has 12 nitrogen and oxygen atoms in total. The Morgan fingerprint density at radius 3 is 2.49 bits per heavy atom. The van der Waals surface area contributed by atoms with Crippen LogP contribution in [0.25, 0.3) is 5.69 Å². The van der Waals surface area contributed by atoms with Crippen LogP contribution < -0.4 is 21.3 Å². The van der Waals surface area contributed by atoms with Gasteiger partial charge in [0.05, 0.1) is 30.2 Å². The highest BCUT2D eigenvalue weighted by Gasteiger charge is 2.19. The molecular weight excluding hydrogens is 524 g/mol. The van der Waals surface area contributed by atoms with E-state index >= 15 is 0 Å². The molecule has 0 aliphatic carbocycles. The second-order valence-corrected chi connectivity index (χ2v) is 9.00. The van der Waals surface area contributed by atoms with E-state index in [-0.39, 0.29) is 30.3 Å². The van der Waals surface area contributed by atoms with Gasteiger partial charge in [-0.05, 0) is 50.2 Å². The van der Waals surface area contributed by atoms with Crippen molar-refractivity contribution < 1.29 is 19.1 Å². The van der Waals surface area contributed by atoms with Gasteiger partial charge in [-0.15, -0.1) is 10.2 Å². The maximum absolute atomic E-state index is 12.8. The third-order valence-corrected chi connectivity index (χ3v) is 6.23. The Hall–Kier alpha value is -4.65. The van der Waals surface area contributed by atoms with Gasteiger partial charge in [-0.1, -0.05) is 23.9 Å². The van der Waals surface area contributed by atoms with Crippen molar-refractivity contribution in [3.8, 4) is 11.4 Å². The normalized spacial score (nSPS) is 10.7. The summed E-state index contributed by atoms with van der Waals surface area (Å²) in [6, 6.07) is 15.1. The van der Waals surface area contributed by atoms with Crippen molar-refractivity contribution in [2.24, 2.45) is 0 Å². The summed E-state index contributed by atoms with van der Waals surface area (Å²) in [5.41, 5.74) is 0.488. The first-order valence-corrected chi connectivity index (χ1v) is 13.0. The molecule has 0 bridgehead atoms. The van der Waals surface area contributed by atoms with Crippen molar-refractivity contribution in [2.75, 3.05) is 24.3 Å². The number of hydrogen-bond acceptors (Lipinski definition) is 9. The molecule has 202 valence electrons. The Kier molecular flexibility index (Phi) is 8.94. The van der Waals surface area contributed by atoms with E-state index in [1.165, 1.54) is 6.07 Å². The van der Waals surface area contributed by atoms with E-state index in [0.717, 1.165) is 11.8 Å². The summed E-state index contributed by atoms with van der Waals surface area (Å²) in [7, 11) is 0. The molecule has 0 spiro atoms. The molecule has 0 atom stereocenters. The number of amides is 1. The molecule has 2 heterocycles. The van der Waals surface area contributed by atoms with E-state index in [0.29, 0.717) is 40.4 Å². The molecule has 4 rings (SSSR count). The van der Waals surface area contributed by atoms with Gasteiger partial charge in [0.25, 0.3) is 5.56 Å². The summed E-state index contributed by atoms with van der Waals surface area (Å²) in [4.78, 5) is 53.3. The van der Waals surface area contributed by atoms with Gasteiger partial charge in [-0.25, -0.2) is 9.59 Å². The lowest BCUT2D eigenvalue weighted by atomic mass is 10.2. The number of para-hydroxylation sites is 1. The van der Waals surface area contributed by atoms with Crippen molar-refractivity contribution in [1.82, 2.24) is 24.7 Å². The Bertz CT molecular complexity index is 1550. The molecule has 0 aliphatic heterocycles. The maximum Gasteiger partial charge on any atom is 0.340 e. The van der Waals surface area contributed by atoms with E-state index < -0.39 is 17.2 Å². The number of anilines is 1. The number of nitrogens with zero attached hydrogens (tertiary/aromatic N) is 3. The quantitative estimate of drug-likeness (QED) is 0.188. The molecule has 0 saturated carbocycles. The number of nitrogens with one attached hydrogen (secondary N) is 3. The fraction of sp³-hybridized carbons (Fsp3) is 0.231. The van der Waals surface area contributed by atoms with Crippen LogP contribution in [0.15, 0.2) is 69.3 Å². The SMILES string of the molecule is CCOC(=O)c1ccccc1NC(=O)CSc1nnc(Cc2cc(=O)[nH]c(=O)[nH]2)n1-c1ccc(OCC)cc1. The molecule has 0 saturated heterocycles. The van der Waals surface area contributed by atoms with Gasteiger partial charge < -0.3 is 19.8 Å². The monoisotopic (exact) mass is 550 g/mol. The lowest BCUT2D eigenvalue weighted by Gasteiger charge is -2.12. The minimum absolute atomic E-state index is 0.0336. The van der Waals surface area contributed by atoms with Gasteiger partial charge in [-0.2, -0.15) is 0 Å². The highest BCUT2D eigenvalue weighted by molar-refractivity contribution is 7.99. The van der Waals surface area contributed by atoms with Crippen LogP contribution in [-0.4, -0.2) is 55.6 Å². The van der Waals surface area contributed by atoms with Crippen molar-refractivity contribution in [3.05, 3.63) is 92.5 Å². The first kappa shape index (κ1) is 27.4. The Labute approximate surface area is 226 Å². The van der Waals surface area contributed by atoms with Crippen LogP contribution in [0.1, 0.15) is 35.7 Å². The fourth-order valence-electron chi connectivity index (χ4n) is 3.71. The van der Waals surface area contributed by atoms with Crippen molar-refractivity contribution in [2.45, 2.75) is 25.4 Å². The predicted molar refractivity (Wildman–Crippen MR) is 145 cm³/mol. The molecule has 2 aromatic carbocycles. The largest absolute Gasteiger partial charge is 0.494 e. The summed E-state index contributed by atoms with van der Waals surface area (Å²) in [6.07, 6.45) is 0.110. The summed E-state index contributed by atoms with van der Waals surface area (Å²) in [6.45, 7) is 4.32. The smallest absolute Gasteiger partial charge is 0.340 e. The number of hydrogen-bond donors (Lipinski definition) is 3. The third-order valence-electron chi connectivity index (χ3n) is 5.30. The van der Waals surface area contributed by atoms with E-state index in [1.54, 1.807) is 47.9 Å². The highest BCUT2D eigenvalue weighted by Crippen LogP contribution is 2.25. The lowest BCUT2D eigenvalue weighted by Crippen LogP contribution is -2.23. The van der Waals surface area contributed by atoms with Crippen LogP contribution in [0.5, 0.6) is 5.75 Å². The maximum atomic E-state index is 12.8. The molecule has 1 amide bonds. The topological polar surface area (TPSA) is 161 Å². The van der Waals surface area contributed by atoms with Gasteiger partial charge >= 0.3 is 11.7 Å². The van der Waals surface area contributed by atoms with E-state index in [9.17, 15) is 19.2 Å². The number of rotatable bonds is 11. The molecule has 2 aromatic heterocycles. The van der Waals surface area contributed by atoms with Gasteiger partial charge in [0.15, 0.2) is 5.16 Å². The average molecular weight is 551 g/mol. The Balaban J connectivity index is 1.58. The molecule has 0 radical (unpaired) electrons. The summed E-state index contributed by atoms with van der Waals surface area (Å²) >= 11 is 1.14. The van der Waals surface area contributed by atoms with Crippen LogP contribution >= 0.6 is 11.8 Å². The standard InChI is InChI=1S/C26H26N6O6S/c1-3-37-18-11-9-17(10-12-18)32-21(13-16-14-22(33)29-25(36)27-16)30-31-26(32)39-15-23(34)28-20-8-6-5-7-19(20)24(35)38-4-2/h5-12,14H,3-4,13,15H2,1-2H3,(H,28,34)(H2,27,29,33,36). The summed E-state index contributed by atoms with van der Waals surface area (Å²) in [5.74, 6) is 0.200. The van der Waals surface area contributed by atoms with Crippen molar-refractivity contribution >= 4 is 29.3 Å². The average Bonchev–Trinajstić information content (AvgIpc) is 3.30. The molecule has 13 heteroatoms. The van der Waals surface area contributed by atoms with E-state index in [1.807, 2.05) is 19.1 Å². The summed E-state index contributed by atoms with van der Waals surface area (Å²) < 4.78 is 12.3. The van der Waals surface area contributed by atoms with Crippen LogP contribution in [0, 0.1) is 0 Å². The number of carbonyl (C=O) groups is 2.